The summed E-state index contributed by atoms with van der Waals surface area (Å²) in [5, 5.41) is 0.971. The van der Waals surface area contributed by atoms with Gasteiger partial charge in [0.1, 0.15) is 6.10 Å². The number of fused-ring (bicyclic) bond motifs is 1. The van der Waals surface area contributed by atoms with Crippen molar-refractivity contribution in [2.24, 2.45) is 0 Å². The van der Waals surface area contributed by atoms with Crippen LogP contribution in [0, 0.1) is 0 Å². The van der Waals surface area contributed by atoms with Crippen LogP contribution in [0.25, 0.3) is 10.9 Å². The summed E-state index contributed by atoms with van der Waals surface area (Å²) >= 11 is 3.49. The molecule has 0 unspecified atom stereocenters. The van der Waals surface area contributed by atoms with Crippen molar-refractivity contribution in [1.82, 2.24) is 9.88 Å². The first kappa shape index (κ1) is 13.6. The molecule has 0 saturated carbocycles. The summed E-state index contributed by atoms with van der Waals surface area (Å²) in [5.74, 6) is 0.769. The highest BCUT2D eigenvalue weighted by atomic mass is 79.9. The van der Waals surface area contributed by atoms with Crippen LogP contribution in [0.4, 0.5) is 5.69 Å². The van der Waals surface area contributed by atoms with Gasteiger partial charge in [0.15, 0.2) is 5.75 Å². The van der Waals surface area contributed by atoms with Crippen LogP contribution in [0.5, 0.6) is 5.75 Å². The van der Waals surface area contributed by atoms with Crippen LogP contribution in [-0.4, -0.2) is 36.1 Å². The molecule has 1 aromatic heterocycles. The Labute approximate surface area is 127 Å². The van der Waals surface area contributed by atoms with Crippen LogP contribution in [-0.2, 0) is 0 Å². The van der Waals surface area contributed by atoms with Crippen molar-refractivity contribution >= 4 is 32.5 Å². The predicted octanol–water partition coefficient (Wildman–Crippen LogP) is 3.05. The average molecular weight is 336 g/mol. The van der Waals surface area contributed by atoms with Crippen molar-refractivity contribution in [1.29, 1.82) is 0 Å². The fourth-order valence-corrected chi connectivity index (χ4v) is 2.92. The molecule has 0 spiro atoms. The van der Waals surface area contributed by atoms with Crippen LogP contribution in [0.2, 0.25) is 0 Å². The van der Waals surface area contributed by atoms with E-state index in [4.69, 9.17) is 10.5 Å². The quantitative estimate of drug-likeness (QED) is 0.916. The topological polar surface area (TPSA) is 51.4 Å². The molecule has 0 bridgehead atoms. The summed E-state index contributed by atoms with van der Waals surface area (Å²) in [6.07, 6.45) is 3.99. The lowest BCUT2D eigenvalue weighted by Gasteiger charge is -2.30. The normalized spacial score (nSPS) is 17.5. The zero-order chi connectivity index (χ0) is 14.1. The molecule has 3 rings (SSSR count). The zero-order valence-electron chi connectivity index (χ0n) is 11.5. The van der Waals surface area contributed by atoms with Crippen LogP contribution in [0.3, 0.4) is 0 Å². The monoisotopic (exact) mass is 335 g/mol. The fraction of sp³-hybridized carbons (Fsp3) is 0.400. The third kappa shape index (κ3) is 2.74. The standard InChI is InChI=1S/C15H18BrN3O/c1-19-6-4-11(5-7-19)20-15-12-8-10(16)2-3-14(12)18-9-13(15)17/h2-3,8-9,11H,4-7,17H2,1H3. The SMILES string of the molecule is CN1CCC(Oc2c(N)cnc3ccc(Br)cc23)CC1. The van der Waals surface area contributed by atoms with Crippen LogP contribution < -0.4 is 10.5 Å². The number of likely N-dealkylation sites (tertiary alicyclic amines) is 1. The number of nitrogens with zero attached hydrogens (tertiary/aromatic N) is 2. The lowest BCUT2D eigenvalue weighted by atomic mass is 10.1. The van der Waals surface area contributed by atoms with E-state index in [1.165, 1.54) is 0 Å². The van der Waals surface area contributed by atoms with E-state index in [-0.39, 0.29) is 6.10 Å². The number of nitrogens with two attached hydrogens (primary N) is 1. The van der Waals surface area contributed by atoms with Gasteiger partial charge in [0.2, 0.25) is 0 Å². The number of ether oxygens (including phenoxy) is 1. The van der Waals surface area contributed by atoms with Gasteiger partial charge in [0.25, 0.3) is 0 Å². The molecule has 1 aromatic carbocycles. The van der Waals surface area contributed by atoms with Gasteiger partial charge in [-0.15, -0.1) is 0 Å². The van der Waals surface area contributed by atoms with Gasteiger partial charge in [-0.1, -0.05) is 15.9 Å². The average Bonchev–Trinajstić information content (AvgIpc) is 2.44. The number of hydrogen-bond donors (Lipinski definition) is 1. The molecule has 106 valence electrons. The molecule has 0 amide bonds. The van der Waals surface area contributed by atoms with Crippen LogP contribution in [0.15, 0.2) is 28.9 Å². The van der Waals surface area contributed by atoms with Gasteiger partial charge in [-0.2, -0.15) is 0 Å². The minimum absolute atomic E-state index is 0.234. The number of hydrogen-bond acceptors (Lipinski definition) is 4. The minimum atomic E-state index is 0.234. The molecule has 1 fully saturated rings. The molecule has 2 heterocycles. The first-order chi connectivity index (χ1) is 9.63. The van der Waals surface area contributed by atoms with E-state index >= 15 is 0 Å². The molecular weight excluding hydrogens is 318 g/mol. The molecule has 4 nitrogen and oxygen atoms in total. The molecule has 0 atom stereocenters. The van der Waals surface area contributed by atoms with Gasteiger partial charge in [-0.3, -0.25) is 4.98 Å². The van der Waals surface area contributed by atoms with Gasteiger partial charge in [0, 0.05) is 22.9 Å². The third-order valence-electron chi connectivity index (χ3n) is 3.76. The van der Waals surface area contributed by atoms with Gasteiger partial charge in [-0.25, -0.2) is 0 Å². The maximum Gasteiger partial charge on any atom is 0.153 e. The second kappa shape index (κ2) is 5.58. The van der Waals surface area contributed by atoms with Crippen molar-refractivity contribution in [3.63, 3.8) is 0 Å². The predicted molar refractivity (Wildman–Crippen MR) is 85.0 cm³/mol. The smallest absolute Gasteiger partial charge is 0.153 e. The maximum atomic E-state index is 6.19. The number of pyridine rings is 1. The summed E-state index contributed by atoms with van der Waals surface area (Å²) in [6, 6.07) is 5.97. The third-order valence-corrected chi connectivity index (χ3v) is 4.25. The zero-order valence-corrected chi connectivity index (χ0v) is 13.1. The van der Waals surface area contributed by atoms with E-state index in [0.717, 1.165) is 47.1 Å². The van der Waals surface area contributed by atoms with E-state index in [0.29, 0.717) is 5.69 Å². The summed E-state index contributed by atoms with van der Waals surface area (Å²) < 4.78 is 7.20. The Kier molecular flexibility index (Phi) is 3.81. The van der Waals surface area contributed by atoms with Gasteiger partial charge >= 0.3 is 0 Å². The second-order valence-corrected chi connectivity index (χ2v) is 6.24. The van der Waals surface area contributed by atoms with Crippen molar-refractivity contribution in [2.75, 3.05) is 25.9 Å². The molecule has 1 aliphatic heterocycles. The molecule has 5 heteroatoms. The van der Waals surface area contributed by atoms with Gasteiger partial charge in [0.05, 0.1) is 17.4 Å². The Hall–Kier alpha value is -1.33. The highest BCUT2D eigenvalue weighted by molar-refractivity contribution is 9.10. The Balaban J connectivity index is 1.93. The van der Waals surface area contributed by atoms with Crippen molar-refractivity contribution in [3.05, 3.63) is 28.9 Å². The van der Waals surface area contributed by atoms with Crippen LogP contribution >= 0.6 is 15.9 Å². The van der Waals surface area contributed by atoms with Gasteiger partial charge < -0.3 is 15.4 Å². The fourth-order valence-electron chi connectivity index (χ4n) is 2.56. The molecule has 20 heavy (non-hydrogen) atoms. The minimum Gasteiger partial charge on any atom is -0.487 e. The van der Waals surface area contributed by atoms with E-state index in [9.17, 15) is 0 Å². The van der Waals surface area contributed by atoms with Crippen LogP contribution in [0.1, 0.15) is 12.8 Å². The summed E-state index contributed by atoms with van der Waals surface area (Å²) in [4.78, 5) is 6.68. The number of halogens is 1. The lowest BCUT2D eigenvalue weighted by molar-refractivity contribution is 0.116. The Bertz CT molecular complexity index is 619. The van der Waals surface area contributed by atoms with Gasteiger partial charge in [-0.05, 0) is 38.1 Å². The molecule has 1 aliphatic rings. The molecule has 0 aliphatic carbocycles. The molecule has 0 radical (unpaired) electrons. The lowest BCUT2D eigenvalue weighted by Crippen LogP contribution is -2.35. The molecule has 1 saturated heterocycles. The molecule has 2 aromatic rings. The number of benzene rings is 1. The highest BCUT2D eigenvalue weighted by Crippen LogP contribution is 2.34. The first-order valence-electron chi connectivity index (χ1n) is 6.82. The number of rotatable bonds is 2. The molecule has 2 N–H and O–H groups in total. The Morgan fingerprint density at radius 2 is 2.10 bits per heavy atom. The van der Waals surface area contributed by atoms with Crippen molar-refractivity contribution in [3.8, 4) is 5.75 Å². The van der Waals surface area contributed by atoms with E-state index in [2.05, 4.69) is 32.9 Å². The number of aromatic nitrogens is 1. The molecular formula is C15H18BrN3O. The highest BCUT2D eigenvalue weighted by Gasteiger charge is 2.20. The summed E-state index contributed by atoms with van der Waals surface area (Å²) in [7, 11) is 2.14. The summed E-state index contributed by atoms with van der Waals surface area (Å²) in [5.41, 5.74) is 7.58. The summed E-state index contributed by atoms with van der Waals surface area (Å²) in [6.45, 7) is 2.13. The van der Waals surface area contributed by atoms with E-state index in [1.54, 1.807) is 6.20 Å². The number of anilines is 1. The first-order valence-corrected chi connectivity index (χ1v) is 7.62. The second-order valence-electron chi connectivity index (χ2n) is 5.32. The largest absolute Gasteiger partial charge is 0.487 e. The number of nitrogen functional groups attached to an aromatic ring is 1. The number of piperidine rings is 1. The van der Waals surface area contributed by atoms with E-state index < -0.39 is 0 Å². The van der Waals surface area contributed by atoms with Crippen molar-refractivity contribution < 1.29 is 4.74 Å². The van der Waals surface area contributed by atoms with E-state index in [1.807, 2.05) is 18.2 Å². The Morgan fingerprint density at radius 3 is 2.85 bits per heavy atom. The van der Waals surface area contributed by atoms with Crippen molar-refractivity contribution in [2.45, 2.75) is 18.9 Å². The maximum absolute atomic E-state index is 6.19. The Morgan fingerprint density at radius 1 is 1.35 bits per heavy atom.